The zero-order valence-corrected chi connectivity index (χ0v) is 11.5. The minimum Gasteiger partial charge on any atom is -0.508 e. The molecule has 6 heteroatoms. The monoisotopic (exact) mass is 281 g/mol. The number of ether oxygens (including phenoxy) is 1. The summed E-state index contributed by atoms with van der Waals surface area (Å²) in [6, 6.07) is 4.30. The van der Waals surface area contributed by atoms with Crippen LogP contribution < -0.4 is 0 Å². The third-order valence-corrected chi connectivity index (χ3v) is 4.06. The minimum absolute atomic E-state index is 0.0157. The van der Waals surface area contributed by atoms with E-state index in [-0.39, 0.29) is 17.5 Å². The molecule has 0 unspecified atom stereocenters. The largest absolute Gasteiger partial charge is 0.508 e. The third kappa shape index (κ3) is 2.68. The number of nitrogens with zero attached hydrogens (tertiary/aromatic N) is 1. The van der Waals surface area contributed by atoms with Crippen molar-refractivity contribution >= 4 is 22.8 Å². The molecule has 1 heterocycles. The molecule has 0 aromatic heterocycles. The van der Waals surface area contributed by atoms with Gasteiger partial charge in [-0.3, -0.25) is 4.99 Å². The summed E-state index contributed by atoms with van der Waals surface area (Å²) >= 11 is 1.38. The van der Waals surface area contributed by atoms with Gasteiger partial charge in [0, 0.05) is 17.4 Å². The Morgan fingerprint density at radius 2 is 2.26 bits per heavy atom. The van der Waals surface area contributed by atoms with Crippen LogP contribution in [0.15, 0.2) is 23.2 Å². The van der Waals surface area contributed by atoms with Crippen LogP contribution >= 0.6 is 11.8 Å². The summed E-state index contributed by atoms with van der Waals surface area (Å²) in [6.45, 7) is 3.77. The van der Waals surface area contributed by atoms with E-state index in [0.717, 1.165) is 0 Å². The van der Waals surface area contributed by atoms with E-state index < -0.39 is 5.54 Å². The molecule has 0 fully saturated rings. The molecule has 0 saturated heterocycles. The number of aliphatic imine (C=N–C) groups is 1. The van der Waals surface area contributed by atoms with Crippen molar-refractivity contribution in [1.29, 1.82) is 0 Å². The summed E-state index contributed by atoms with van der Waals surface area (Å²) in [5.74, 6) is 0.0368. The van der Waals surface area contributed by atoms with E-state index >= 15 is 0 Å². The number of carbonyl (C=O) groups excluding carboxylic acids is 1. The van der Waals surface area contributed by atoms with Crippen LogP contribution in [0.4, 0.5) is 0 Å². The number of thioether (sulfide) groups is 1. The first kappa shape index (κ1) is 13.7. The first-order valence-electron chi connectivity index (χ1n) is 5.88. The molecule has 1 aromatic rings. The Hall–Kier alpha value is -1.69. The van der Waals surface area contributed by atoms with Gasteiger partial charge in [0.15, 0.2) is 5.54 Å². The molecule has 2 N–H and O–H groups in total. The van der Waals surface area contributed by atoms with Crippen molar-refractivity contribution in [3.63, 3.8) is 0 Å². The van der Waals surface area contributed by atoms with Crippen molar-refractivity contribution in [1.82, 2.24) is 0 Å². The van der Waals surface area contributed by atoms with E-state index in [1.54, 1.807) is 19.9 Å². The lowest BCUT2D eigenvalue weighted by Gasteiger charge is -2.16. The highest BCUT2D eigenvalue weighted by molar-refractivity contribution is 8.14. The molecule has 1 aliphatic rings. The summed E-state index contributed by atoms with van der Waals surface area (Å²) in [6.07, 6.45) is 0. The molecule has 0 bridgehead atoms. The van der Waals surface area contributed by atoms with Crippen molar-refractivity contribution in [2.75, 3.05) is 12.4 Å². The second-order valence-corrected chi connectivity index (χ2v) is 5.37. The number of benzene rings is 1. The summed E-state index contributed by atoms with van der Waals surface area (Å²) in [7, 11) is 0. The molecule has 5 nitrogen and oxygen atoms in total. The van der Waals surface area contributed by atoms with Gasteiger partial charge in [0.1, 0.15) is 16.5 Å². The Bertz CT molecular complexity index is 543. The van der Waals surface area contributed by atoms with E-state index in [9.17, 15) is 15.0 Å². The standard InChI is InChI=1S/C13H15NO4S/c1-3-18-12(17)13(2)7-19-11(14-13)9-5-4-8(15)6-10(9)16/h4-6,15-16H,3,7H2,1-2H3/t13-/m1/s1. The molecular formula is C13H15NO4S. The molecule has 0 aliphatic carbocycles. The highest BCUT2D eigenvalue weighted by atomic mass is 32.2. The fourth-order valence-corrected chi connectivity index (χ4v) is 2.92. The van der Waals surface area contributed by atoms with Crippen molar-refractivity contribution < 1.29 is 19.7 Å². The number of carbonyl (C=O) groups is 1. The number of rotatable bonds is 3. The molecule has 0 radical (unpaired) electrons. The fraction of sp³-hybridized carbons (Fsp3) is 0.385. The second-order valence-electron chi connectivity index (χ2n) is 4.40. The fourth-order valence-electron chi connectivity index (χ4n) is 1.73. The van der Waals surface area contributed by atoms with Gasteiger partial charge < -0.3 is 14.9 Å². The number of hydrogen-bond donors (Lipinski definition) is 2. The van der Waals surface area contributed by atoms with Gasteiger partial charge in [-0.1, -0.05) is 0 Å². The van der Waals surface area contributed by atoms with Crippen LogP contribution in [0.3, 0.4) is 0 Å². The Labute approximate surface area is 115 Å². The van der Waals surface area contributed by atoms with E-state index in [4.69, 9.17) is 4.74 Å². The van der Waals surface area contributed by atoms with Gasteiger partial charge in [-0.15, -0.1) is 11.8 Å². The third-order valence-electron chi connectivity index (χ3n) is 2.77. The van der Waals surface area contributed by atoms with Gasteiger partial charge in [-0.25, -0.2) is 4.79 Å². The topological polar surface area (TPSA) is 79.1 Å². The van der Waals surface area contributed by atoms with E-state index in [0.29, 0.717) is 23.0 Å². The highest BCUT2D eigenvalue weighted by Gasteiger charge is 2.40. The predicted molar refractivity (Wildman–Crippen MR) is 73.8 cm³/mol. The molecule has 1 aromatic carbocycles. The molecule has 1 atom stereocenters. The first-order chi connectivity index (χ1) is 8.96. The van der Waals surface area contributed by atoms with Crippen LogP contribution in [-0.2, 0) is 9.53 Å². The van der Waals surface area contributed by atoms with Gasteiger partial charge >= 0.3 is 5.97 Å². The summed E-state index contributed by atoms with van der Waals surface area (Å²) in [5, 5.41) is 19.6. The average molecular weight is 281 g/mol. The molecule has 0 saturated carbocycles. The average Bonchev–Trinajstić information content (AvgIpc) is 2.73. The maximum Gasteiger partial charge on any atom is 0.334 e. The molecule has 1 aliphatic heterocycles. The lowest BCUT2D eigenvalue weighted by Crippen LogP contribution is -2.35. The Balaban J connectivity index is 2.30. The Morgan fingerprint density at radius 3 is 2.89 bits per heavy atom. The quantitative estimate of drug-likeness (QED) is 0.827. The summed E-state index contributed by atoms with van der Waals surface area (Å²) < 4.78 is 5.00. The zero-order chi connectivity index (χ0) is 14.0. The van der Waals surface area contributed by atoms with E-state index in [2.05, 4.69) is 4.99 Å². The van der Waals surface area contributed by atoms with Gasteiger partial charge in [0.05, 0.1) is 6.61 Å². The second kappa shape index (κ2) is 5.13. The highest BCUT2D eigenvalue weighted by Crippen LogP contribution is 2.35. The van der Waals surface area contributed by atoms with Gasteiger partial charge in [0.25, 0.3) is 0 Å². The maximum absolute atomic E-state index is 11.8. The lowest BCUT2D eigenvalue weighted by molar-refractivity contribution is -0.147. The smallest absolute Gasteiger partial charge is 0.334 e. The van der Waals surface area contributed by atoms with Crippen LogP contribution in [-0.4, -0.2) is 39.1 Å². The molecule has 102 valence electrons. The SMILES string of the molecule is CCOC(=O)[C@@]1(C)CSC(c2ccc(O)cc2O)=N1. The summed E-state index contributed by atoms with van der Waals surface area (Å²) in [5.41, 5.74) is -0.406. The first-order valence-corrected chi connectivity index (χ1v) is 6.87. The van der Waals surface area contributed by atoms with Crippen LogP contribution in [0.25, 0.3) is 0 Å². The number of hydrogen-bond acceptors (Lipinski definition) is 6. The van der Waals surface area contributed by atoms with E-state index in [1.165, 1.54) is 23.9 Å². The molecule has 0 amide bonds. The normalized spacial score (nSPS) is 22.1. The van der Waals surface area contributed by atoms with Crippen molar-refractivity contribution in [3.05, 3.63) is 23.8 Å². The molecule has 19 heavy (non-hydrogen) atoms. The zero-order valence-electron chi connectivity index (χ0n) is 10.7. The number of phenols is 2. The van der Waals surface area contributed by atoms with Crippen LogP contribution in [0.5, 0.6) is 11.5 Å². The van der Waals surface area contributed by atoms with Crippen LogP contribution in [0.1, 0.15) is 19.4 Å². The number of esters is 1. The van der Waals surface area contributed by atoms with E-state index in [1.807, 2.05) is 0 Å². The van der Waals surface area contributed by atoms with Crippen molar-refractivity contribution in [3.8, 4) is 11.5 Å². The molecule has 0 spiro atoms. The van der Waals surface area contributed by atoms with Crippen molar-refractivity contribution in [2.45, 2.75) is 19.4 Å². The number of phenolic OH excluding ortho intramolecular Hbond substituents is 2. The van der Waals surface area contributed by atoms with Crippen LogP contribution in [0, 0.1) is 0 Å². The molecular weight excluding hydrogens is 266 g/mol. The molecule has 2 rings (SSSR count). The van der Waals surface area contributed by atoms with Gasteiger partial charge in [-0.2, -0.15) is 0 Å². The minimum atomic E-state index is -0.916. The Kier molecular flexibility index (Phi) is 3.71. The van der Waals surface area contributed by atoms with Crippen LogP contribution in [0.2, 0.25) is 0 Å². The number of aromatic hydroxyl groups is 2. The lowest BCUT2D eigenvalue weighted by atomic mass is 10.1. The Morgan fingerprint density at radius 1 is 1.53 bits per heavy atom. The van der Waals surface area contributed by atoms with Gasteiger partial charge in [-0.05, 0) is 26.0 Å². The predicted octanol–water partition coefficient (Wildman–Crippen LogP) is 1.91. The van der Waals surface area contributed by atoms with Gasteiger partial charge in [0.2, 0.25) is 0 Å². The summed E-state index contributed by atoms with van der Waals surface area (Å²) in [4.78, 5) is 16.2. The van der Waals surface area contributed by atoms with Crippen molar-refractivity contribution in [2.24, 2.45) is 4.99 Å². The maximum atomic E-state index is 11.8.